The zero-order valence-corrected chi connectivity index (χ0v) is 5.57. The highest BCUT2D eigenvalue weighted by atomic mass is 16.2. The second-order valence-electron chi connectivity index (χ2n) is 1.73. The summed E-state index contributed by atoms with van der Waals surface area (Å²) < 4.78 is 1.68. The van der Waals surface area contributed by atoms with Crippen molar-refractivity contribution in [3.8, 4) is 11.8 Å². The largest absolute Gasteiger partial charge is 0.384 e. The predicted octanol–water partition coefficient (Wildman–Crippen LogP) is -0.841. The van der Waals surface area contributed by atoms with Crippen LogP contribution in [0.15, 0.2) is 6.33 Å². The summed E-state index contributed by atoms with van der Waals surface area (Å²) in [4.78, 5) is 0. The SMILES string of the molecule is Cn1cnnc1C#CCO. The summed E-state index contributed by atoms with van der Waals surface area (Å²) in [6.07, 6.45) is 1.56. The molecule has 10 heavy (non-hydrogen) atoms. The Morgan fingerprint density at radius 1 is 1.80 bits per heavy atom. The molecule has 1 heterocycles. The van der Waals surface area contributed by atoms with Gasteiger partial charge in [0.2, 0.25) is 5.82 Å². The topological polar surface area (TPSA) is 50.9 Å². The lowest BCUT2D eigenvalue weighted by molar-refractivity contribution is 0.350. The molecule has 1 N–H and O–H groups in total. The molecule has 0 unspecified atom stereocenters. The molecule has 1 aromatic rings. The monoisotopic (exact) mass is 137 g/mol. The third-order valence-electron chi connectivity index (χ3n) is 0.991. The van der Waals surface area contributed by atoms with Gasteiger partial charge in [0.15, 0.2) is 0 Å². The lowest BCUT2D eigenvalue weighted by atomic mass is 10.5. The van der Waals surface area contributed by atoms with Gasteiger partial charge in [-0.15, -0.1) is 10.2 Å². The van der Waals surface area contributed by atoms with Crippen molar-refractivity contribution in [1.29, 1.82) is 0 Å². The van der Waals surface area contributed by atoms with E-state index in [0.29, 0.717) is 5.82 Å². The van der Waals surface area contributed by atoms with Gasteiger partial charge >= 0.3 is 0 Å². The first-order chi connectivity index (χ1) is 4.84. The zero-order chi connectivity index (χ0) is 7.40. The summed E-state index contributed by atoms with van der Waals surface area (Å²) in [7, 11) is 1.79. The third-order valence-corrected chi connectivity index (χ3v) is 0.991. The molecular weight excluding hydrogens is 130 g/mol. The van der Waals surface area contributed by atoms with E-state index in [2.05, 4.69) is 22.0 Å². The molecule has 4 nitrogen and oxygen atoms in total. The molecule has 0 radical (unpaired) electrons. The molecule has 0 spiro atoms. The molecule has 0 atom stereocenters. The molecule has 0 aliphatic heterocycles. The van der Waals surface area contributed by atoms with Crippen LogP contribution in [-0.2, 0) is 7.05 Å². The molecular formula is C6H7N3O. The van der Waals surface area contributed by atoms with Gasteiger partial charge in [-0.1, -0.05) is 5.92 Å². The molecule has 0 saturated heterocycles. The minimum absolute atomic E-state index is 0.146. The molecule has 0 aromatic carbocycles. The second kappa shape index (κ2) is 2.99. The number of rotatable bonds is 0. The molecule has 0 aliphatic rings. The lowest BCUT2D eigenvalue weighted by Gasteiger charge is -1.85. The Hall–Kier alpha value is -1.34. The Balaban J connectivity index is 2.84. The number of aliphatic hydroxyl groups is 1. The number of aromatic nitrogens is 3. The standard InChI is InChI=1S/C6H7N3O/c1-9-5-7-8-6(9)3-2-4-10/h5,10H,4H2,1H3. The molecule has 0 saturated carbocycles. The van der Waals surface area contributed by atoms with Gasteiger partial charge in [0.25, 0.3) is 0 Å². The highest BCUT2D eigenvalue weighted by Crippen LogP contribution is 1.85. The average Bonchev–Trinajstić information content (AvgIpc) is 2.31. The first-order valence-electron chi connectivity index (χ1n) is 2.78. The van der Waals surface area contributed by atoms with E-state index in [4.69, 9.17) is 5.11 Å². The molecule has 0 aliphatic carbocycles. The van der Waals surface area contributed by atoms with E-state index in [1.54, 1.807) is 17.9 Å². The van der Waals surface area contributed by atoms with Crippen molar-refractivity contribution < 1.29 is 5.11 Å². The molecule has 1 rings (SSSR count). The van der Waals surface area contributed by atoms with Crippen molar-refractivity contribution >= 4 is 0 Å². The van der Waals surface area contributed by atoms with Gasteiger partial charge in [-0.3, -0.25) is 0 Å². The Morgan fingerprint density at radius 2 is 2.60 bits per heavy atom. The van der Waals surface area contributed by atoms with Crippen LogP contribution in [0.25, 0.3) is 0 Å². The van der Waals surface area contributed by atoms with Crippen LogP contribution in [-0.4, -0.2) is 26.5 Å². The van der Waals surface area contributed by atoms with Gasteiger partial charge in [-0.25, -0.2) is 0 Å². The van der Waals surface area contributed by atoms with Gasteiger partial charge in [0.1, 0.15) is 12.9 Å². The van der Waals surface area contributed by atoms with E-state index in [9.17, 15) is 0 Å². The highest BCUT2D eigenvalue weighted by molar-refractivity contribution is 5.19. The number of hydrogen-bond donors (Lipinski definition) is 1. The van der Waals surface area contributed by atoms with Crippen molar-refractivity contribution in [2.75, 3.05) is 6.61 Å². The Kier molecular flexibility index (Phi) is 2.03. The molecule has 1 aromatic heterocycles. The maximum Gasteiger partial charge on any atom is 0.207 e. The fourth-order valence-electron chi connectivity index (χ4n) is 0.515. The number of hydrogen-bond acceptors (Lipinski definition) is 3. The van der Waals surface area contributed by atoms with Crippen molar-refractivity contribution in [1.82, 2.24) is 14.8 Å². The Morgan fingerprint density at radius 3 is 3.10 bits per heavy atom. The van der Waals surface area contributed by atoms with Crippen molar-refractivity contribution in [3.05, 3.63) is 12.2 Å². The van der Waals surface area contributed by atoms with Gasteiger partial charge in [-0.05, 0) is 5.92 Å². The van der Waals surface area contributed by atoms with Crippen LogP contribution < -0.4 is 0 Å². The van der Waals surface area contributed by atoms with Crippen LogP contribution in [0.3, 0.4) is 0 Å². The summed E-state index contributed by atoms with van der Waals surface area (Å²) in [5, 5.41) is 15.6. The maximum absolute atomic E-state index is 8.32. The summed E-state index contributed by atoms with van der Waals surface area (Å²) in [5.41, 5.74) is 0. The first kappa shape index (κ1) is 6.78. The van der Waals surface area contributed by atoms with Crippen LogP contribution in [0.1, 0.15) is 5.82 Å². The minimum Gasteiger partial charge on any atom is -0.384 e. The van der Waals surface area contributed by atoms with E-state index < -0.39 is 0 Å². The van der Waals surface area contributed by atoms with Gasteiger partial charge in [0, 0.05) is 7.05 Å². The van der Waals surface area contributed by atoms with Gasteiger partial charge in [-0.2, -0.15) is 0 Å². The normalized spacial score (nSPS) is 8.60. The number of nitrogens with zero attached hydrogens (tertiary/aromatic N) is 3. The van der Waals surface area contributed by atoms with Crippen molar-refractivity contribution in [2.24, 2.45) is 7.05 Å². The van der Waals surface area contributed by atoms with Gasteiger partial charge in [0.05, 0.1) is 0 Å². The van der Waals surface area contributed by atoms with Crippen LogP contribution in [0.2, 0.25) is 0 Å². The predicted molar refractivity (Wildman–Crippen MR) is 35.0 cm³/mol. The fourth-order valence-corrected chi connectivity index (χ4v) is 0.515. The zero-order valence-electron chi connectivity index (χ0n) is 5.57. The molecule has 4 heteroatoms. The van der Waals surface area contributed by atoms with E-state index in [1.165, 1.54) is 0 Å². The smallest absolute Gasteiger partial charge is 0.207 e. The van der Waals surface area contributed by atoms with Crippen molar-refractivity contribution in [2.45, 2.75) is 0 Å². The fraction of sp³-hybridized carbons (Fsp3) is 0.333. The Labute approximate surface area is 58.5 Å². The van der Waals surface area contributed by atoms with Crippen molar-refractivity contribution in [3.63, 3.8) is 0 Å². The van der Waals surface area contributed by atoms with E-state index in [1.807, 2.05) is 0 Å². The Bertz CT molecular complexity index is 268. The molecule has 0 bridgehead atoms. The molecule has 52 valence electrons. The van der Waals surface area contributed by atoms with E-state index >= 15 is 0 Å². The van der Waals surface area contributed by atoms with E-state index in [0.717, 1.165) is 0 Å². The van der Waals surface area contributed by atoms with Crippen LogP contribution in [0, 0.1) is 11.8 Å². The molecule has 0 fully saturated rings. The number of aryl methyl sites for hydroxylation is 1. The summed E-state index contributed by atoms with van der Waals surface area (Å²) in [6, 6.07) is 0. The molecule has 0 amide bonds. The highest BCUT2D eigenvalue weighted by Gasteiger charge is 1.91. The minimum atomic E-state index is -0.146. The summed E-state index contributed by atoms with van der Waals surface area (Å²) in [6.45, 7) is -0.146. The first-order valence-corrected chi connectivity index (χ1v) is 2.78. The average molecular weight is 137 g/mol. The van der Waals surface area contributed by atoms with Crippen LogP contribution in [0.5, 0.6) is 0 Å². The van der Waals surface area contributed by atoms with Crippen LogP contribution >= 0.6 is 0 Å². The van der Waals surface area contributed by atoms with Crippen LogP contribution in [0.4, 0.5) is 0 Å². The maximum atomic E-state index is 8.32. The summed E-state index contributed by atoms with van der Waals surface area (Å²) >= 11 is 0. The quantitative estimate of drug-likeness (QED) is 0.474. The number of aliphatic hydroxyl groups excluding tert-OH is 1. The lowest BCUT2D eigenvalue weighted by Crippen LogP contribution is -1.90. The third kappa shape index (κ3) is 1.33. The van der Waals surface area contributed by atoms with Gasteiger partial charge < -0.3 is 9.67 Å². The van der Waals surface area contributed by atoms with E-state index in [-0.39, 0.29) is 6.61 Å². The second-order valence-corrected chi connectivity index (χ2v) is 1.73. The summed E-state index contributed by atoms with van der Waals surface area (Å²) in [5.74, 6) is 5.67.